The van der Waals surface area contributed by atoms with E-state index in [0.717, 1.165) is 11.8 Å². The molecule has 1 aromatic rings. The number of quaternary nitrogens is 1. The lowest BCUT2D eigenvalue weighted by Gasteiger charge is -2.32. The molecule has 7 nitrogen and oxygen atoms in total. The molecule has 24 heavy (non-hydrogen) atoms. The maximum absolute atomic E-state index is 13.1. The fourth-order valence-electron chi connectivity index (χ4n) is 3.35. The summed E-state index contributed by atoms with van der Waals surface area (Å²) in [4.78, 5) is 24.9. The number of nitrogens with one attached hydrogen (secondary N) is 1. The van der Waals surface area contributed by atoms with Crippen LogP contribution in [-0.4, -0.2) is 54.9 Å². The van der Waals surface area contributed by atoms with E-state index in [0.29, 0.717) is 12.8 Å². The number of rotatable bonds is 5. The summed E-state index contributed by atoms with van der Waals surface area (Å²) < 4.78 is 25.0. The van der Waals surface area contributed by atoms with Gasteiger partial charge in [0.2, 0.25) is 10.0 Å². The highest BCUT2D eigenvalue weighted by Crippen LogP contribution is 2.29. The molecule has 1 aromatic carbocycles. The molecule has 0 radical (unpaired) electrons. The fourth-order valence-corrected chi connectivity index (χ4v) is 4.05. The van der Waals surface area contributed by atoms with Crippen LogP contribution >= 0.6 is 0 Å². The van der Waals surface area contributed by atoms with E-state index in [4.69, 9.17) is 0 Å². The quantitative estimate of drug-likeness (QED) is 0.777. The van der Waals surface area contributed by atoms with Crippen molar-refractivity contribution in [3.8, 4) is 0 Å². The summed E-state index contributed by atoms with van der Waals surface area (Å²) in [6, 6.07) is 7.46. The van der Waals surface area contributed by atoms with Gasteiger partial charge in [0.25, 0.3) is 0 Å². The minimum atomic E-state index is -3.66. The molecule has 1 fully saturated rings. The van der Waals surface area contributed by atoms with Crippen molar-refractivity contribution in [2.45, 2.75) is 38.3 Å². The number of benzene rings is 1. The van der Waals surface area contributed by atoms with E-state index in [1.165, 1.54) is 0 Å². The second kappa shape index (κ2) is 7.00. The molecule has 1 heterocycles. The highest BCUT2D eigenvalue weighted by atomic mass is 32.2. The molecule has 0 bridgehead atoms. The molecule has 1 aliphatic heterocycles. The predicted octanol–water partition coefficient (Wildman–Crippen LogP) is 1.35. The maximum atomic E-state index is 13.1. The van der Waals surface area contributed by atoms with Crippen LogP contribution < -0.4 is 4.72 Å². The molecule has 0 saturated carbocycles. The zero-order valence-corrected chi connectivity index (χ0v) is 14.6. The van der Waals surface area contributed by atoms with Gasteiger partial charge in [-0.15, -0.1) is 0 Å². The first-order valence-corrected chi connectivity index (χ1v) is 9.73. The summed E-state index contributed by atoms with van der Waals surface area (Å²) in [5, 5.41) is 9.69. The highest BCUT2D eigenvalue weighted by molar-refractivity contribution is 7.88. The SMILES string of the molecule is C[C@@H]1CCC[N+]1(C(=O)O)C(=O)[C@@H](Cc1ccccc1)NS(C)(=O)=O. The summed E-state index contributed by atoms with van der Waals surface area (Å²) >= 11 is 0. The van der Waals surface area contributed by atoms with E-state index in [9.17, 15) is 23.1 Å². The number of sulfonamides is 1. The van der Waals surface area contributed by atoms with Crippen molar-refractivity contribution in [3.05, 3.63) is 35.9 Å². The van der Waals surface area contributed by atoms with Gasteiger partial charge in [-0.05, 0) is 12.5 Å². The Bertz CT molecular complexity index is 719. The fraction of sp³-hybridized carbons (Fsp3) is 0.500. The molecule has 0 aliphatic carbocycles. The van der Waals surface area contributed by atoms with Crippen LogP contribution in [0.3, 0.4) is 0 Å². The van der Waals surface area contributed by atoms with Gasteiger partial charge in [-0.1, -0.05) is 30.3 Å². The number of carbonyl (C=O) groups is 2. The largest absolute Gasteiger partial charge is 0.521 e. The Hall–Kier alpha value is -1.77. The van der Waals surface area contributed by atoms with Crippen molar-refractivity contribution in [2.24, 2.45) is 0 Å². The average Bonchev–Trinajstić information content (AvgIpc) is 2.88. The minimum Gasteiger partial charge on any atom is -0.435 e. The second-order valence-electron chi connectivity index (χ2n) is 6.34. The number of amides is 2. The molecular formula is C16H23N2O5S+. The van der Waals surface area contributed by atoms with Crippen LogP contribution in [0.5, 0.6) is 0 Å². The molecule has 2 amide bonds. The molecule has 132 valence electrons. The average molecular weight is 355 g/mol. The molecule has 3 atom stereocenters. The first-order chi connectivity index (χ1) is 11.2. The molecule has 8 heteroatoms. The zero-order chi connectivity index (χ0) is 18.0. The normalized spacial score (nSPS) is 25.3. The van der Waals surface area contributed by atoms with Crippen LogP contribution in [0.4, 0.5) is 4.79 Å². The number of carbonyl (C=O) groups excluding carboxylic acids is 1. The van der Waals surface area contributed by atoms with Gasteiger partial charge >= 0.3 is 12.0 Å². The summed E-state index contributed by atoms with van der Waals surface area (Å²) in [6.45, 7) is 1.91. The van der Waals surface area contributed by atoms with Crippen LogP contribution in [-0.2, 0) is 21.2 Å². The van der Waals surface area contributed by atoms with Crippen LogP contribution in [0.2, 0.25) is 0 Å². The molecule has 2 N–H and O–H groups in total. The van der Waals surface area contributed by atoms with Gasteiger partial charge in [0.1, 0.15) is 12.1 Å². The Labute approximate surface area is 141 Å². The molecule has 0 spiro atoms. The van der Waals surface area contributed by atoms with Gasteiger partial charge in [0, 0.05) is 19.3 Å². The predicted molar refractivity (Wildman–Crippen MR) is 88.8 cm³/mol. The third-order valence-electron chi connectivity index (χ3n) is 4.56. The van der Waals surface area contributed by atoms with Crippen molar-refractivity contribution in [2.75, 3.05) is 12.8 Å². The Morgan fingerprint density at radius 1 is 1.33 bits per heavy atom. The van der Waals surface area contributed by atoms with Crippen molar-refractivity contribution in [1.82, 2.24) is 4.72 Å². The van der Waals surface area contributed by atoms with Gasteiger partial charge in [0.15, 0.2) is 0 Å². The molecule has 1 unspecified atom stereocenters. The smallest absolute Gasteiger partial charge is 0.435 e. The summed E-state index contributed by atoms with van der Waals surface area (Å²) in [6.07, 6.45) is 1.10. The molecule has 1 aliphatic rings. The molecular weight excluding hydrogens is 332 g/mol. The Kier molecular flexibility index (Phi) is 5.42. The number of hydrogen-bond donors (Lipinski definition) is 2. The first-order valence-electron chi connectivity index (χ1n) is 7.83. The first kappa shape index (κ1) is 18.6. The third kappa shape index (κ3) is 3.82. The molecule has 2 rings (SSSR count). The van der Waals surface area contributed by atoms with E-state index in [1.807, 2.05) is 6.07 Å². The molecule has 1 saturated heterocycles. The van der Waals surface area contributed by atoms with Crippen molar-refractivity contribution in [1.29, 1.82) is 0 Å². The Morgan fingerprint density at radius 3 is 2.42 bits per heavy atom. The number of nitrogens with zero attached hydrogens (tertiary/aromatic N) is 1. The number of likely N-dealkylation sites (tertiary alicyclic amines) is 1. The van der Waals surface area contributed by atoms with E-state index in [2.05, 4.69) is 4.72 Å². The minimum absolute atomic E-state index is 0.118. The van der Waals surface area contributed by atoms with Crippen molar-refractivity contribution >= 4 is 22.0 Å². The van der Waals surface area contributed by atoms with Gasteiger partial charge < -0.3 is 5.11 Å². The van der Waals surface area contributed by atoms with Crippen molar-refractivity contribution in [3.63, 3.8) is 0 Å². The molecule has 0 aromatic heterocycles. The number of imide groups is 1. The second-order valence-corrected chi connectivity index (χ2v) is 8.12. The lowest BCUT2D eigenvalue weighted by molar-refractivity contribution is -0.793. The van der Waals surface area contributed by atoms with Crippen LogP contribution in [0.1, 0.15) is 25.3 Å². The monoisotopic (exact) mass is 355 g/mol. The van der Waals surface area contributed by atoms with Crippen LogP contribution in [0, 0.1) is 0 Å². The van der Waals surface area contributed by atoms with Crippen LogP contribution in [0.25, 0.3) is 0 Å². The summed E-state index contributed by atoms with van der Waals surface area (Å²) in [5.74, 6) is -0.609. The number of carboxylic acid groups (broad SMARTS) is 1. The van der Waals surface area contributed by atoms with Crippen molar-refractivity contribution < 1.29 is 27.6 Å². The highest BCUT2D eigenvalue weighted by Gasteiger charge is 2.55. The zero-order valence-electron chi connectivity index (χ0n) is 13.8. The Balaban J connectivity index is 2.38. The Morgan fingerprint density at radius 2 is 1.96 bits per heavy atom. The standard InChI is InChI=1S/C16H22N2O5S/c1-12-7-6-10-18(12,16(20)21)15(19)14(17-24(2,22)23)11-13-8-4-3-5-9-13/h3-5,8-9,12,14,17H,6-7,10-11H2,1-2H3/p+1/t12-,14-,18?/m1/s1. The van der Waals surface area contributed by atoms with Gasteiger partial charge in [-0.2, -0.15) is 14.0 Å². The number of hydrogen-bond acceptors (Lipinski definition) is 4. The van der Waals surface area contributed by atoms with E-state index in [-0.39, 0.29) is 19.0 Å². The van der Waals surface area contributed by atoms with E-state index < -0.39 is 32.5 Å². The van der Waals surface area contributed by atoms with E-state index in [1.54, 1.807) is 31.2 Å². The van der Waals surface area contributed by atoms with Gasteiger partial charge in [-0.3, -0.25) is 0 Å². The van der Waals surface area contributed by atoms with E-state index >= 15 is 0 Å². The lowest BCUT2D eigenvalue weighted by atomic mass is 10.0. The lowest BCUT2D eigenvalue weighted by Crippen LogP contribution is -2.64. The van der Waals surface area contributed by atoms with Crippen LogP contribution in [0.15, 0.2) is 30.3 Å². The van der Waals surface area contributed by atoms with Gasteiger partial charge in [-0.25, -0.2) is 13.2 Å². The third-order valence-corrected chi connectivity index (χ3v) is 5.27. The summed E-state index contributed by atoms with van der Waals surface area (Å²) in [7, 11) is -3.66. The maximum Gasteiger partial charge on any atom is 0.521 e. The summed E-state index contributed by atoms with van der Waals surface area (Å²) in [5.41, 5.74) is 0.766. The van der Waals surface area contributed by atoms with Gasteiger partial charge in [0.05, 0.1) is 12.8 Å². The topological polar surface area (TPSA) is 101 Å².